The average Bonchev–Trinajstić information content (AvgIpc) is 3.31. The van der Waals surface area contributed by atoms with Crippen LogP contribution < -0.4 is 5.73 Å². The molecule has 0 heterocycles. The van der Waals surface area contributed by atoms with Gasteiger partial charge in [-0.2, -0.15) is 0 Å². The van der Waals surface area contributed by atoms with E-state index < -0.39 is 0 Å². The molecule has 0 bridgehead atoms. The number of hydrogen-bond acceptors (Lipinski definition) is 7. The van der Waals surface area contributed by atoms with Crippen LogP contribution in [0.5, 0.6) is 23.0 Å². The van der Waals surface area contributed by atoms with Crippen LogP contribution in [-0.2, 0) is 0 Å². The molecule has 0 aromatic heterocycles. The number of nitrogens with two attached hydrogens (primary N) is 1. The molecule has 0 fully saturated rings. The molecule has 7 nitrogen and oxygen atoms in total. The Morgan fingerprint density at radius 3 is 1.31 bits per heavy atom. The molecule has 0 saturated carbocycles. The second-order valence-corrected chi connectivity index (χ2v) is 16.2. The number of fused-ring (bicyclic) bond motifs is 4. The van der Waals surface area contributed by atoms with E-state index >= 15 is 0 Å². The minimum absolute atomic E-state index is 0.0885. The molecule has 0 unspecified atom stereocenters. The normalized spacial score (nSPS) is 11.1. The van der Waals surface area contributed by atoms with Crippen LogP contribution in [-0.4, -0.2) is 32.9 Å². The number of phenols is 4. The number of nitrogens with zero attached hydrogens (tertiary/aromatic N) is 1. The van der Waals surface area contributed by atoms with Crippen molar-refractivity contribution in [2.45, 2.75) is 27.7 Å². The second-order valence-electron chi connectivity index (χ2n) is 16.2. The first-order chi connectivity index (χ1) is 31.4. The van der Waals surface area contributed by atoms with Crippen molar-refractivity contribution >= 4 is 67.0 Å². The molecular formula is C58H48N2O5. The van der Waals surface area contributed by atoms with Crippen molar-refractivity contribution in [1.29, 1.82) is 0 Å². The Bertz CT molecular complexity index is 3380. The van der Waals surface area contributed by atoms with Crippen LogP contribution in [0.15, 0.2) is 175 Å². The summed E-state index contributed by atoms with van der Waals surface area (Å²) >= 11 is 0. The van der Waals surface area contributed by atoms with Crippen molar-refractivity contribution in [3.8, 4) is 45.3 Å². The zero-order chi connectivity index (χ0) is 45.8. The molecule has 10 aromatic carbocycles. The van der Waals surface area contributed by atoms with Crippen molar-refractivity contribution in [2.75, 3.05) is 5.73 Å². The molecule has 0 atom stereocenters. The number of carbonyl (C=O) groups is 1. The first-order valence-electron chi connectivity index (χ1n) is 21.2. The van der Waals surface area contributed by atoms with Crippen LogP contribution in [0.4, 0.5) is 11.4 Å². The highest BCUT2D eigenvalue weighted by Gasteiger charge is 2.18. The van der Waals surface area contributed by atoms with E-state index in [0.29, 0.717) is 23.1 Å². The Morgan fingerprint density at radius 2 is 0.815 bits per heavy atom. The van der Waals surface area contributed by atoms with Crippen LogP contribution in [0.25, 0.3) is 65.3 Å². The molecule has 0 aliphatic heterocycles. The van der Waals surface area contributed by atoms with Gasteiger partial charge in [-0.15, -0.1) is 0 Å². The van der Waals surface area contributed by atoms with Crippen molar-refractivity contribution < 1.29 is 25.2 Å². The fourth-order valence-electron chi connectivity index (χ4n) is 8.56. The molecule has 0 aliphatic carbocycles. The maximum atomic E-state index is 11.0. The smallest absolute Gasteiger partial charge is 0.153 e. The van der Waals surface area contributed by atoms with Crippen molar-refractivity contribution in [3.05, 3.63) is 203 Å². The maximum Gasteiger partial charge on any atom is 0.153 e. The summed E-state index contributed by atoms with van der Waals surface area (Å²) in [7, 11) is 0. The molecular weight excluding hydrogens is 805 g/mol. The van der Waals surface area contributed by atoms with Gasteiger partial charge in [0.15, 0.2) is 6.29 Å². The topological polar surface area (TPSA) is 136 Å². The zero-order valence-electron chi connectivity index (χ0n) is 36.5. The van der Waals surface area contributed by atoms with E-state index in [4.69, 9.17) is 10.7 Å². The first-order valence-corrected chi connectivity index (χ1v) is 21.2. The van der Waals surface area contributed by atoms with Crippen LogP contribution in [0.1, 0.15) is 38.2 Å². The molecule has 0 amide bonds. The van der Waals surface area contributed by atoms with Crippen LogP contribution in [0, 0.1) is 27.7 Å². The third-order valence-corrected chi connectivity index (χ3v) is 11.6. The Hall–Kier alpha value is -8.42. The molecule has 10 aromatic rings. The predicted octanol–water partition coefficient (Wildman–Crippen LogP) is 14.2. The molecule has 6 N–H and O–H groups in total. The Morgan fingerprint density at radius 1 is 0.431 bits per heavy atom. The Labute approximate surface area is 377 Å². The zero-order valence-corrected chi connectivity index (χ0v) is 36.5. The number of rotatable bonds is 5. The molecule has 0 saturated heterocycles. The van der Waals surface area contributed by atoms with Gasteiger partial charge >= 0.3 is 0 Å². The number of aryl methyl sites for hydroxylation is 4. The van der Waals surface area contributed by atoms with Gasteiger partial charge in [0.2, 0.25) is 0 Å². The van der Waals surface area contributed by atoms with Gasteiger partial charge in [0.25, 0.3) is 0 Å². The van der Waals surface area contributed by atoms with E-state index in [1.807, 2.05) is 154 Å². The monoisotopic (exact) mass is 852 g/mol. The molecule has 10 rings (SSSR count). The highest BCUT2D eigenvalue weighted by atomic mass is 16.3. The van der Waals surface area contributed by atoms with Crippen molar-refractivity contribution in [1.82, 2.24) is 0 Å². The fourth-order valence-corrected chi connectivity index (χ4v) is 8.56. The van der Waals surface area contributed by atoms with Crippen LogP contribution in [0.2, 0.25) is 0 Å². The quantitative estimate of drug-likeness (QED) is 0.0664. The van der Waals surface area contributed by atoms with Crippen molar-refractivity contribution in [3.63, 3.8) is 0 Å². The minimum atomic E-state index is 0.0885. The number of benzene rings is 10. The summed E-state index contributed by atoms with van der Waals surface area (Å²) < 4.78 is 0. The number of nitrogen functional groups attached to an aromatic ring is 1. The number of aliphatic imine (C=N–C) groups is 1. The first kappa shape index (κ1) is 43.2. The van der Waals surface area contributed by atoms with Gasteiger partial charge in [0.1, 0.15) is 23.0 Å². The third kappa shape index (κ3) is 8.81. The highest BCUT2D eigenvalue weighted by molar-refractivity contribution is 6.13. The second kappa shape index (κ2) is 18.5. The summed E-state index contributed by atoms with van der Waals surface area (Å²) in [6.45, 7) is 7.55. The number of carbonyl (C=O) groups excluding carboxylic acids is 1. The van der Waals surface area contributed by atoms with E-state index in [2.05, 4.69) is 18.2 Å². The summed E-state index contributed by atoms with van der Waals surface area (Å²) in [5.41, 5.74) is 15.6. The van der Waals surface area contributed by atoms with E-state index in [1.54, 1.807) is 31.3 Å². The lowest BCUT2D eigenvalue weighted by Crippen LogP contribution is -1.93. The molecule has 0 aliphatic rings. The number of aromatic hydroxyl groups is 4. The van der Waals surface area contributed by atoms with E-state index in [-0.39, 0.29) is 23.0 Å². The molecule has 0 spiro atoms. The predicted molar refractivity (Wildman–Crippen MR) is 269 cm³/mol. The molecule has 0 radical (unpaired) electrons. The van der Waals surface area contributed by atoms with Crippen LogP contribution in [0.3, 0.4) is 0 Å². The van der Waals surface area contributed by atoms with Gasteiger partial charge in [-0.3, -0.25) is 9.79 Å². The number of phenolic OH excluding ortho intramolecular Hbond substituents is 4. The average molecular weight is 853 g/mol. The maximum absolute atomic E-state index is 11.0. The van der Waals surface area contributed by atoms with Gasteiger partial charge < -0.3 is 26.2 Å². The molecule has 7 heteroatoms. The molecule has 320 valence electrons. The number of aldehydes is 1. The summed E-state index contributed by atoms with van der Waals surface area (Å²) in [6.07, 6.45) is 2.36. The largest absolute Gasteiger partial charge is 0.507 e. The van der Waals surface area contributed by atoms with Gasteiger partial charge in [0, 0.05) is 39.7 Å². The Kier molecular flexibility index (Phi) is 12.3. The highest BCUT2D eigenvalue weighted by Crippen LogP contribution is 2.46. The molecule has 65 heavy (non-hydrogen) atoms. The number of hydrogen-bond donors (Lipinski definition) is 5. The third-order valence-electron chi connectivity index (χ3n) is 11.6. The van der Waals surface area contributed by atoms with E-state index in [1.165, 1.54) is 0 Å². The van der Waals surface area contributed by atoms with E-state index in [9.17, 15) is 25.2 Å². The summed E-state index contributed by atoms with van der Waals surface area (Å²) in [4.78, 5) is 15.2. The number of anilines is 1. The van der Waals surface area contributed by atoms with Gasteiger partial charge in [-0.1, -0.05) is 133 Å². The van der Waals surface area contributed by atoms with E-state index in [0.717, 1.165) is 93.3 Å². The van der Waals surface area contributed by atoms with Crippen LogP contribution >= 0.6 is 0 Å². The minimum Gasteiger partial charge on any atom is -0.507 e. The van der Waals surface area contributed by atoms with Gasteiger partial charge in [-0.05, 0) is 129 Å². The van der Waals surface area contributed by atoms with Crippen molar-refractivity contribution in [2.24, 2.45) is 4.99 Å². The fraction of sp³-hybridized carbons (Fsp3) is 0.0690. The standard InChI is InChI=1S/C29H23NO2.C20H15NO.C9H10O2/c1-18-15-19(2)29(32)22(16-18)17-30-25-13-11-20-7-3-5-9-23(20)27(25)28-24-10-6-4-8-21(24)12-14-26(28)31;21-17-11-9-13-5-1-3-7-15(13)19(17)20-16-8-4-2-6-14(16)10-12-18(20)22;1-6-3-7(2)9(11)8(4-6)5-10/h3-17,31-32H,1-2H3;1-12,22H,21H2;3-5,11H,1-2H3. The summed E-state index contributed by atoms with van der Waals surface area (Å²) in [5.74, 6) is 0.785. The Balaban J connectivity index is 0.000000150. The lowest BCUT2D eigenvalue weighted by molar-refractivity contribution is 0.112. The lowest BCUT2D eigenvalue weighted by atomic mass is 9.92. The summed E-state index contributed by atoms with van der Waals surface area (Å²) in [5, 5.41) is 49.6. The summed E-state index contributed by atoms with van der Waals surface area (Å²) in [6, 6.07) is 54.9. The lowest BCUT2D eigenvalue weighted by Gasteiger charge is -2.15. The van der Waals surface area contributed by atoms with Gasteiger partial charge in [-0.25, -0.2) is 0 Å². The SMILES string of the molecule is Cc1cc(C)c(O)c(C=Nc2ccc3ccccc3c2-c2c(O)ccc3ccccc23)c1.Cc1cc(C)c(O)c(C=O)c1.Nc1ccc2ccccc2c1-c1c(O)ccc2ccccc12. The van der Waals surface area contributed by atoms with Gasteiger partial charge in [0.05, 0.1) is 11.3 Å².